The maximum atomic E-state index is 12.3. The van der Waals surface area contributed by atoms with E-state index >= 15 is 0 Å². The first-order chi connectivity index (χ1) is 10.2. The molecule has 0 saturated carbocycles. The summed E-state index contributed by atoms with van der Waals surface area (Å²) in [5.41, 5.74) is 2.29. The Balaban J connectivity index is 1.48. The van der Waals surface area contributed by atoms with Crippen molar-refractivity contribution in [3.63, 3.8) is 0 Å². The lowest BCUT2D eigenvalue weighted by molar-refractivity contribution is -0.137. The molecule has 0 radical (unpaired) electrons. The molecule has 0 bridgehead atoms. The van der Waals surface area contributed by atoms with E-state index in [4.69, 9.17) is 4.74 Å². The van der Waals surface area contributed by atoms with Gasteiger partial charge in [-0.25, -0.2) is 0 Å². The van der Waals surface area contributed by atoms with Crippen LogP contribution in [-0.4, -0.2) is 60.1 Å². The Morgan fingerprint density at radius 1 is 1.33 bits per heavy atom. The average molecular weight is 289 g/mol. The lowest BCUT2D eigenvalue weighted by Crippen LogP contribution is -2.50. The van der Waals surface area contributed by atoms with Crippen molar-refractivity contribution in [2.24, 2.45) is 5.92 Å². The van der Waals surface area contributed by atoms with Crippen molar-refractivity contribution in [2.75, 3.05) is 39.4 Å². The number of hydrogen-bond acceptors (Lipinski definition) is 4. The molecule has 21 heavy (non-hydrogen) atoms. The molecule has 2 fully saturated rings. The molecule has 1 unspecified atom stereocenters. The predicted molar refractivity (Wildman–Crippen MR) is 79.8 cm³/mol. The molecule has 2 aliphatic rings. The number of aryl methyl sites for hydroxylation is 1. The molecule has 3 rings (SSSR count). The molecule has 1 aromatic heterocycles. The Bertz CT molecular complexity index is 475. The molecule has 2 aliphatic heterocycles. The Morgan fingerprint density at radius 3 is 2.76 bits per heavy atom. The molecule has 5 heteroatoms. The first-order valence-electron chi connectivity index (χ1n) is 7.73. The monoisotopic (exact) mass is 289 g/mol. The normalized spacial score (nSPS) is 23.5. The molecule has 1 atom stereocenters. The summed E-state index contributed by atoms with van der Waals surface area (Å²) in [5, 5.41) is 0. The minimum Gasteiger partial charge on any atom is -0.381 e. The van der Waals surface area contributed by atoms with Gasteiger partial charge in [-0.3, -0.25) is 14.7 Å². The van der Waals surface area contributed by atoms with Gasteiger partial charge in [-0.1, -0.05) is 6.07 Å². The van der Waals surface area contributed by atoms with Crippen LogP contribution in [0.3, 0.4) is 0 Å². The molecule has 1 amide bonds. The molecule has 0 aromatic carbocycles. The number of nitrogens with zero attached hydrogens (tertiary/aromatic N) is 3. The Morgan fingerprint density at radius 2 is 2.14 bits per heavy atom. The van der Waals surface area contributed by atoms with Gasteiger partial charge >= 0.3 is 0 Å². The van der Waals surface area contributed by atoms with E-state index in [1.807, 2.05) is 18.0 Å². The number of piperazine rings is 1. The number of amides is 1. The van der Waals surface area contributed by atoms with Gasteiger partial charge in [0, 0.05) is 51.2 Å². The molecular formula is C16H23N3O2. The van der Waals surface area contributed by atoms with Crippen LogP contribution in [-0.2, 0) is 16.1 Å². The van der Waals surface area contributed by atoms with Gasteiger partial charge in [0.15, 0.2) is 0 Å². The zero-order valence-corrected chi connectivity index (χ0v) is 12.6. The summed E-state index contributed by atoms with van der Waals surface area (Å²) in [7, 11) is 0. The zero-order valence-electron chi connectivity index (χ0n) is 12.6. The van der Waals surface area contributed by atoms with Crippen molar-refractivity contribution in [3.05, 3.63) is 29.6 Å². The molecule has 114 valence electrons. The molecule has 3 heterocycles. The fraction of sp³-hybridized carbons (Fsp3) is 0.625. The van der Waals surface area contributed by atoms with Crippen LogP contribution in [0.25, 0.3) is 0 Å². The average Bonchev–Trinajstić information content (AvgIpc) is 3.04. The van der Waals surface area contributed by atoms with E-state index in [1.54, 1.807) is 0 Å². The predicted octanol–water partition coefficient (Wildman–Crippen LogP) is 1.07. The number of hydrogen-bond donors (Lipinski definition) is 0. The lowest BCUT2D eigenvalue weighted by atomic mass is 10.1. The van der Waals surface area contributed by atoms with Gasteiger partial charge in [0.2, 0.25) is 5.91 Å². The summed E-state index contributed by atoms with van der Waals surface area (Å²) in [6, 6.07) is 4.19. The number of carbonyl (C=O) groups excluding carboxylic acids is 1. The third-order valence-corrected chi connectivity index (χ3v) is 4.34. The summed E-state index contributed by atoms with van der Waals surface area (Å²) in [5.74, 6) is 0.377. The highest BCUT2D eigenvalue weighted by atomic mass is 16.5. The smallest absolute Gasteiger partial charge is 0.228 e. The van der Waals surface area contributed by atoms with Crippen LogP contribution < -0.4 is 0 Å². The van der Waals surface area contributed by atoms with Crippen LogP contribution in [0.1, 0.15) is 17.7 Å². The highest BCUT2D eigenvalue weighted by Crippen LogP contribution is 2.17. The SMILES string of the molecule is Cc1ccc(CN2CCN(C(=O)C3CCOC3)CC2)cn1. The summed E-state index contributed by atoms with van der Waals surface area (Å²) in [6.07, 6.45) is 2.83. The van der Waals surface area contributed by atoms with Crippen LogP contribution in [0.15, 0.2) is 18.3 Å². The first-order valence-corrected chi connectivity index (χ1v) is 7.73. The highest BCUT2D eigenvalue weighted by molar-refractivity contribution is 5.79. The Kier molecular flexibility index (Phi) is 4.51. The largest absolute Gasteiger partial charge is 0.381 e. The third kappa shape index (κ3) is 3.60. The van der Waals surface area contributed by atoms with E-state index in [9.17, 15) is 4.79 Å². The number of ether oxygens (including phenoxy) is 1. The maximum Gasteiger partial charge on any atom is 0.228 e. The number of pyridine rings is 1. The first kappa shape index (κ1) is 14.5. The summed E-state index contributed by atoms with van der Waals surface area (Å²) in [4.78, 5) is 21.0. The Hall–Kier alpha value is -1.46. The Labute approximate surface area is 125 Å². The van der Waals surface area contributed by atoms with Crippen molar-refractivity contribution in [1.29, 1.82) is 0 Å². The standard InChI is InChI=1S/C16H23N3O2/c1-13-2-3-14(10-17-13)11-18-5-7-19(8-6-18)16(20)15-4-9-21-12-15/h2-3,10,15H,4-9,11-12H2,1H3. The van der Waals surface area contributed by atoms with Gasteiger partial charge in [-0.15, -0.1) is 0 Å². The van der Waals surface area contributed by atoms with Crippen molar-refractivity contribution in [3.8, 4) is 0 Å². The second kappa shape index (κ2) is 6.54. The van der Waals surface area contributed by atoms with E-state index in [0.717, 1.165) is 51.4 Å². The second-order valence-electron chi connectivity index (χ2n) is 5.97. The molecule has 2 saturated heterocycles. The minimum absolute atomic E-state index is 0.0952. The fourth-order valence-corrected chi connectivity index (χ4v) is 2.96. The van der Waals surface area contributed by atoms with E-state index in [0.29, 0.717) is 6.61 Å². The van der Waals surface area contributed by atoms with Gasteiger partial charge in [0.1, 0.15) is 0 Å². The van der Waals surface area contributed by atoms with Crippen molar-refractivity contribution < 1.29 is 9.53 Å². The molecule has 0 N–H and O–H groups in total. The summed E-state index contributed by atoms with van der Waals surface area (Å²) >= 11 is 0. The molecule has 0 spiro atoms. The van der Waals surface area contributed by atoms with Crippen LogP contribution in [0.4, 0.5) is 0 Å². The fourth-order valence-electron chi connectivity index (χ4n) is 2.96. The van der Waals surface area contributed by atoms with E-state index in [-0.39, 0.29) is 11.8 Å². The molecular weight excluding hydrogens is 266 g/mol. The van der Waals surface area contributed by atoms with Crippen LogP contribution in [0, 0.1) is 12.8 Å². The topological polar surface area (TPSA) is 45.7 Å². The molecule has 5 nitrogen and oxygen atoms in total. The van der Waals surface area contributed by atoms with Gasteiger partial charge < -0.3 is 9.64 Å². The minimum atomic E-state index is 0.0952. The second-order valence-corrected chi connectivity index (χ2v) is 5.97. The van der Waals surface area contributed by atoms with Crippen molar-refractivity contribution >= 4 is 5.91 Å². The number of aromatic nitrogens is 1. The molecule has 1 aromatic rings. The number of rotatable bonds is 3. The van der Waals surface area contributed by atoms with Gasteiger partial charge in [0.05, 0.1) is 12.5 Å². The van der Waals surface area contributed by atoms with E-state index in [1.165, 1.54) is 5.56 Å². The van der Waals surface area contributed by atoms with Gasteiger partial charge in [-0.05, 0) is 25.0 Å². The van der Waals surface area contributed by atoms with Crippen LogP contribution in [0.2, 0.25) is 0 Å². The highest BCUT2D eigenvalue weighted by Gasteiger charge is 2.29. The van der Waals surface area contributed by atoms with Gasteiger partial charge in [-0.2, -0.15) is 0 Å². The van der Waals surface area contributed by atoms with Gasteiger partial charge in [0.25, 0.3) is 0 Å². The summed E-state index contributed by atoms with van der Waals surface area (Å²) in [6.45, 7) is 7.79. The number of carbonyl (C=O) groups is 1. The van der Waals surface area contributed by atoms with Crippen LogP contribution >= 0.6 is 0 Å². The third-order valence-electron chi connectivity index (χ3n) is 4.34. The van der Waals surface area contributed by atoms with Crippen molar-refractivity contribution in [1.82, 2.24) is 14.8 Å². The lowest BCUT2D eigenvalue weighted by Gasteiger charge is -2.35. The quantitative estimate of drug-likeness (QED) is 0.835. The van der Waals surface area contributed by atoms with E-state index < -0.39 is 0 Å². The maximum absolute atomic E-state index is 12.3. The molecule has 0 aliphatic carbocycles. The van der Waals surface area contributed by atoms with Crippen LogP contribution in [0.5, 0.6) is 0 Å². The van der Waals surface area contributed by atoms with Crippen molar-refractivity contribution in [2.45, 2.75) is 19.9 Å². The zero-order chi connectivity index (χ0) is 14.7. The summed E-state index contributed by atoms with van der Waals surface area (Å²) < 4.78 is 5.31. The van der Waals surface area contributed by atoms with E-state index in [2.05, 4.69) is 22.0 Å².